The van der Waals surface area contributed by atoms with Crippen LogP contribution < -0.4 is 4.74 Å². The van der Waals surface area contributed by atoms with E-state index in [9.17, 15) is 9.90 Å². The van der Waals surface area contributed by atoms with Gasteiger partial charge in [-0.3, -0.25) is 9.69 Å². The van der Waals surface area contributed by atoms with Gasteiger partial charge in [0.2, 0.25) is 0 Å². The quantitative estimate of drug-likeness (QED) is 0.799. The van der Waals surface area contributed by atoms with Gasteiger partial charge in [-0.15, -0.1) is 0 Å². The van der Waals surface area contributed by atoms with E-state index in [1.807, 2.05) is 54.6 Å². The van der Waals surface area contributed by atoms with E-state index in [-0.39, 0.29) is 0 Å². The van der Waals surface area contributed by atoms with E-state index in [4.69, 9.17) is 4.74 Å². The highest BCUT2D eigenvalue weighted by Gasteiger charge is 2.20. The van der Waals surface area contributed by atoms with Gasteiger partial charge in [-0.1, -0.05) is 42.5 Å². The first kappa shape index (κ1) is 17.5. The molecular formula is C21H25NO3. The minimum absolute atomic E-state index is 0.461. The fourth-order valence-electron chi connectivity index (χ4n) is 3.33. The average molecular weight is 339 g/mol. The highest BCUT2D eigenvalue weighted by Crippen LogP contribution is 2.23. The van der Waals surface area contributed by atoms with Gasteiger partial charge in [-0.05, 0) is 55.6 Å². The Kier molecular flexibility index (Phi) is 6.07. The number of hydrogen-bond donors (Lipinski definition) is 1. The first-order valence-electron chi connectivity index (χ1n) is 8.94. The van der Waals surface area contributed by atoms with E-state index in [2.05, 4.69) is 4.90 Å². The molecule has 2 aromatic rings. The maximum Gasteiger partial charge on any atom is 0.311 e. The van der Waals surface area contributed by atoms with Crippen LogP contribution in [0.25, 0.3) is 0 Å². The molecule has 1 aliphatic rings. The van der Waals surface area contributed by atoms with Gasteiger partial charge >= 0.3 is 5.97 Å². The molecule has 3 rings (SSSR count). The van der Waals surface area contributed by atoms with Gasteiger partial charge in [-0.2, -0.15) is 0 Å². The number of ether oxygens (including phenoxy) is 1. The molecule has 2 aromatic carbocycles. The predicted molar refractivity (Wildman–Crippen MR) is 98.1 cm³/mol. The Morgan fingerprint density at radius 2 is 1.84 bits per heavy atom. The van der Waals surface area contributed by atoms with Crippen molar-refractivity contribution in [1.82, 2.24) is 4.90 Å². The topological polar surface area (TPSA) is 49.8 Å². The number of benzene rings is 2. The van der Waals surface area contributed by atoms with Crippen LogP contribution in [0.4, 0.5) is 0 Å². The molecule has 25 heavy (non-hydrogen) atoms. The number of aliphatic carboxylic acids is 1. The van der Waals surface area contributed by atoms with Crippen molar-refractivity contribution in [2.45, 2.75) is 25.2 Å². The zero-order valence-corrected chi connectivity index (χ0v) is 14.4. The van der Waals surface area contributed by atoms with Gasteiger partial charge < -0.3 is 9.84 Å². The maximum atomic E-state index is 11.7. The highest BCUT2D eigenvalue weighted by atomic mass is 16.5. The molecule has 0 aromatic heterocycles. The van der Waals surface area contributed by atoms with E-state index in [1.165, 1.54) is 25.9 Å². The minimum atomic E-state index is -0.799. The van der Waals surface area contributed by atoms with Crippen LogP contribution in [0.2, 0.25) is 0 Å². The molecule has 4 heteroatoms. The summed E-state index contributed by atoms with van der Waals surface area (Å²) in [5.41, 5.74) is 1.81. The molecule has 0 spiro atoms. The number of carboxylic acids is 1. The standard InChI is InChI=1S/C21H25NO3/c23-21(24)20(18-8-2-1-3-9-18)16-17-7-6-10-19(15-17)25-14-13-22-11-4-5-12-22/h1-3,6-10,15,20H,4-5,11-14,16H2,(H,23,24). The highest BCUT2D eigenvalue weighted by molar-refractivity contribution is 5.76. The SMILES string of the molecule is O=C(O)C(Cc1cccc(OCCN2CCCC2)c1)c1ccccc1. The van der Waals surface area contributed by atoms with E-state index in [0.29, 0.717) is 13.0 Å². The largest absolute Gasteiger partial charge is 0.492 e. The second-order valence-electron chi connectivity index (χ2n) is 6.55. The molecule has 0 amide bonds. The van der Waals surface area contributed by atoms with Crippen molar-refractivity contribution in [3.8, 4) is 5.75 Å². The third kappa shape index (κ3) is 5.07. The predicted octanol–water partition coefficient (Wildman–Crippen LogP) is 3.57. The lowest BCUT2D eigenvalue weighted by atomic mass is 9.92. The summed E-state index contributed by atoms with van der Waals surface area (Å²) in [5.74, 6) is -0.526. The lowest BCUT2D eigenvalue weighted by Crippen LogP contribution is -2.25. The fraction of sp³-hybridized carbons (Fsp3) is 0.381. The van der Waals surface area contributed by atoms with Crippen LogP contribution in [-0.2, 0) is 11.2 Å². The van der Waals surface area contributed by atoms with Crippen LogP contribution in [0, 0.1) is 0 Å². The summed E-state index contributed by atoms with van der Waals surface area (Å²) in [6.07, 6.45) is 3.03. The summed E-state index contributed by atoms with van der Waals surface area (Å²) in [6, 6.07) is 17.2. The lowest BCUT2D eigenvalue weighted by molar-refractivity contribution is -0.138. The number of likely N-dealkylation sites (tertiary alicyclic amines) is 1. The Morgan fingerprint density at radius 3 is 2.56 bits per heavy atom. The van der Waals surface area contributed by atoms with E-state index >= 15 is 0 Å². The number of hydrogen-bond acceptors (Lipinski definition) is 3. The molecule has 1 heterocycles. The third-order valence-corrected chi connectivity index (χ3v) is 4.71. The summed E-state index contributed by atoms with van der Waals surface area (Å²) in [6.45, 7) is 3.96. The second-order valence-corrected chi connectivity index (χ2v) is 6.55. The van der Waals surface area contributed by atoms with E-state index in [1.54, 1.807) is 0 Å². The maximum absolute atomic E-state index is 11.7. The smallest absolute Gasteiger partial charge is 0.311 e. The van der Waals surface area contributed by atoms with Gasteiger partial charge in [0.1, 0.15) is 12.4 Å². The molecule has 0 aliphatic carbocycles. The van der Waals surface area contributed by atoms with Crippen molar-refractivity contribution < 1.29 is 14.6 Å². The van der Waals surface area contributed by atoms with Gasteiger partial charge in [0.05, 0.1) is 5.92 Å². The zero-order chi connectivity index (χ0) is 17.5. The normalized spacial score (nSPS) is 15.8. The van der Waals surface area contributed by atoms with Crippen molar-refractivity contribution in [1.29, 1.82) is 0 Å². The molecule has 0 bridgehead atoms. The Bertz CT molecular complexity index is 681. The molecule has 0 saturated carbocycles. The number of rotatable bonds is 8. The molecule has 1 fully saturated rings. The Hall–Kier alpha value is -2.33. The molecule has 1 unspecified atom stereocenters. The van der Waals surface area contributed by atoms with Gasteiger partial charge in [0, 0.05) is 6.54 Å². The van der Waals surface area contributed by atoms with E-state index in [0.717, 1.165) is 23.4 Å². The second kappa shape index (κ2) is 8.67. The Morgan fingerprint density at radius 1 is 1.08 bits per heavy atom. The van der Waals surface area contributed by atoms with Crippen LogP contribution >= 0.6 is 0 Å². The number of carboxylic acid groups (broad SMARTS) is 1. The van der Waals surface area contributed by atoms with E-state index < -0.39 is 11.9 Å². The Labute approximate surface area is 149 Å². The molecule has 1 aliphatic heterocycles. The first-order valence-corrected chi connectivity index (χ1v) is 8.94. The average Bonchev–Trinajstić information content (AvgIpc) is 3.14. The van der Waals surface area contributed by atoms with Crippen LogP contribution in [0.3, 0.4) is 0 Å². The monoisotopic (exact) mass is 339 g/mol. The van der Waals surface area contributed by atoms with Crippen LogP contribution in [0.1, 0.15) is 29.9 Å². The molecule has 132 valence electrons. The van der Waals surface area contributed by atoms with Crippen molar-refractivity contribution in [2.24, 2.45) is 0 Å². The summed E-state index contributed by atoms with van der Waals surface area (Å²) in [7, 11) is 0. The van der Waals surface area contributed by atoms with Crippen molar-refractivity contribution in [2.75, 3.05) is 26.2 Å². The van der Waals surface area contributed by atoms with Gasteiger partial charge in [0.25, 0.3) is 0 Å². The summed E-state index contributed by atoms with van der Waals surface area (Å²) >= 11 is 0. The first-order chi connectivity index (χ1) is 12.2. The van der Waals surface area contributed by atoms with Crippen LogP contribution in [0.5, 0.6) is 5.75 Å². The van der Waals surface area contributed by atoms with Crippen molar-refractivity contribution in [3.63, 3.8) is 0 Å². The number of carbonyl (C=O) groups is 1. The van der Waals surface area contributed by atoms with Crippen LogP contribution in [-0.4, -0.2) is 42.2 Å². The number of nitrogens with zero attached hydrogens (tertiary/aromatic N) is 1. The Balaban J connectivity index is 1.60. The molecule has 4 nitrogen and oxygen atoms in total. The minimum Gasteiger partial charge on any atom is -0.492 e. The fourth-order valence-corrected chi connectivity index (χ4v) is 3.33. The molecule has 1 N–H and O–H groups in total. The zero-order valence-electron chi connectivity index (χ0n) is 14.4. The molecule has 1 saturated heterocycles. The third-order valence-electron chi connectivity index (χ3n) is 4.71. The summed E-state index contributed by atoms with van der Waals surface area (Å²) < 4.78 is 5.87. The molecular weight excluding hydrogens is 314 g/mol. The van der Waals surface area contributed by atoms with Crippen LogP contribution in [0.15, 0.2) is 54.6 Å². The molecule has 0 radical (unpaired) electrons. The lowest BCUT2D eigenvalue weighted by Gasteiger charge is -2.16. The van der Waals surface area contributed by atoms with Crippen molar-refractivity contribution >= 4 is 5.97 Å². The van der Waals surface area contributed by atoms with Gasteiger partial charge in [-0.25, -0.2) is 0 Å². The summed E-state index contributed by atoms with van der Waals surface area (Å²) in [5, 5.41) is 9.58. The molecule has 1 atom stereocenters. The van der Waals surface area contributed by atoms with Crippen molar-refractivity contribution in [3.05, 3.63) is 65.7 Å². The summed E-state index contributed by atoms with van der Waals surface area (Å²) in [4.78, 5) is 14.1. The van der Waals surface area contributed by atoms with Gasteiger partial charge in [0.15, 0.2) is 0 Å².